The summed E-state index contributed by atoms with van der Waals surface area (Å²) in [6.45, 7) is 3.09. The van der Waals surface area contributed by atoms with Crippen molar-refractivity contribution < 1.29 is 14.6 Å². The molecule has 1 aromatic heterocycles. The molecule has 0 N–H and O–H groups in total. The maximum Gasteiger partial charge on any atom is 0.127 e. The van der Waals surface area contributed by atoms with Crippen molar-refractivity contribution >= 4 is 22.6 Å². The first-order chi connectivity index (χ1) is 14.6. The van der Waals surface area contributed by atoms with Gasteiger partial charge < -0.3 is 19.2 Å². The van der Waals surface area contributed by atoms with Gasteiger partial charge in [0.2, 0.25) is 0 Å². The molecular formula is C25H19N2O3-. The first-order valence-electron chi connectivity index (χ1n) is 9.78. The van der Waals surface area contributed by atoms with Crippen LogP contribution in [0.3, 0.4) is 0 Å². The van der Waals surface area contributed by atoms with E-state index in [-0.39, 0.29) is 5.56 Å². The van der Waals surface area contributed by atoms with E-state index in [0.717, 1.165) is 33.3 Å². The van der Waals surface area contributed by atoms with Crippen molar-refractivity contribution in [2.24, 2.45) is 0 Å². The van der Waals surface area contributed by atoms with E-state index in [4.69, 9.17) is 4.74 Å². The average Bonchev–Trinajstić information content (AvgIpc) is 3.07. The van der Waals surface area contributed by atoms with E-state index in [1.54, 1.807) is 12.1 Å². The Balaban J connectivity index is 1.66. The summed E-state index contributed by atoms with van der Waals surface area (Å²) < 4.78 is 8.08. The summed E-state index contributed by atoms with van der Waals surface area (Å²) in [7, 11) is 0. The summed E-state index contributed by atoms with van der Waals surface area (Å²) in [5.74, 6) is -0.542. The van der Waals surface area contributed by atoms with Crippen molar-refractivity contribution in [2.45, 2.75) is 20.1 Å². The zero-order valence-electron chi connectivity index (χ0n) is 16.5. The molecule has 5 heteroatoms. The third kappa shape index (κ3) is 3.14. The van der Waals surface area contributed by atoms with Crippen molar-refractivity contribution in [3.63, 3.8) is 0 Å². The molecule has 5 rings (SSSR count). The number of imidazole rings is 1. The topological polar surface area (TPSA) is 67.2 Å². The molecule has 3 aromatic carbocycles. The lowest BCUT2D eigenvalue weighted by molar-refractivity contribution is -0.255. The molecule has 5 nitrogen and oxygen atoms in total. The second-order valence-corrected chi connectivity index (χ2v) is 7.45. The van der Waals surface area contributed by atoms with Crippen LogP contribution in [0.25, 0.3) is 16.6 Å². The monoisotopic (exact) mass is 395 g/mol. The summed E-state index contributed by atoms with van der Waals surface area (Å²) in [6, 6.07) is 19.1. The molecule has 0 unspecified atom stereocenters. The Kier molecular flexibility index (Phi) is 4.36. The van der Waals surface area contributed by atoms with E-state index < -0.39 is 5.97 Å². The number of carboxylic acids is 1. The summed E-state index contributed by atoms with van der Waals surface area (Å²) >= 11 is 0. The van der Waals surface area contributed by atoms with Gasteiger partial charge in [0.05, 0.1) is 23.3 Å². The SMILES string of the molecule is Cc1ccc2ncn(C/C=C3\c4ccccc4COc4ccc(C(=O)[O-])cc43)c2c1. The van der Waals surface area contributed by atoms with E-state index in [2.05, 4.69) is 34.7 Å². The van der Waals surface area contributed by atoms with Gasteiger partial charge in [-0.2, -0.15) is 0 Å². The first-order valence-corrected chi connectivity index (χ1v) is 9.78. The number of fused-ring (bicyclic) bond motifs is 3. The van der Waals surface area contributed by atoms with Gasteiger partial charge in [0.25, 0.3) is 0 Å². The molecule has 1 aliphatic heterocycles. The van der Waals surface area contributed by atoms with Crippen LogP contribution in [0.1, 0.15) is 32.6 Å². The quantitative estimate of drug-likeness (QED) is 0.530. The van der Waals surface area contributed by atoms with Crippen LogP contribution in [-0.4, -0.2) is 15.5 Å². The zero-order chi connectivity index (χ0) is 20.7. The molecule has 0 fully saturated rings. The van der Waals surface area contributed by atoms with Gasteiger partial charge in [-0.05, 0) is 65.1 Å². The van der Waals surface area contributed by atoms with Gasteiger partial charge >= 0.3 is 0 Å². The van der Waals surface area contributed by atoms with E-state index in [1.807, 2.05) is 36.7 Å². The standard InChI is InChI=1S/C25H20N2O3/c1-16-6-8-22-23(12-16)27(15-26-22)11-10-20-19-5-3-2-4-18(19)14-30-24-9-7-17(25(28)29)13-21(20)24/h2-10,12-13,15H,11,14H2,1H3,(H,28,29)/p-1/b20-10+. The van der Waals surface area contributed by atoms with Gasteiger partial charge in [-0.15, -0.1) is 0 Å². The average molecular weight is 395 g/mol. The fourth-order valence-electron chi connectivity index (χ4n) is 3.92. The van der Waals surface area contributed by atoms with Gasteiger partial charge in [-0.3, -0.25) is 0 Å². The largest absolute Gasteiger partial charge is 0.545 e. The summed E-state index contributed by atoms with van der Waals surface area (Å²) in [5, 5.41) is 11.5. The highest BCUT2D eigenvalue weighted by Crippen LogP contribution is 2.37. The highest BCUT2D eigenvalue weighted by molar-refractivity contribution is 5.91. The lowest BCUT2D eigenvalue weighted by atomic mass is 9.93. The van der Waals surface area contributed by atoms with Crippen LogP contribution >= 0.6 is 0 Å². The third-order valence-corrected chi connectivity index (χ3v) is 5.46. The number of hydrogen-bond acceptors (Lipinski definition) is 4. The second-order valence-electron chi connectivity index (χ2n) is 7.45. The molecule has 4 aromatic rings. The number of aromatic nitrogens is 2. The van der Waals surface area contributed by atoms with Crippen molar-refractivity contribution in [1.29, 1.82) is 0 Å². The molecule has 2 heterocycles. The minimum atomic E-state index is -1.20. The van der Waals surface area contributed by atoms with Crippen LogP contribution in [0, 0.1) is 6.92 Å². The number of rotatable bonds is 3. The molecule has 0 saturated heterocycles. The Morgan fingerprint density at radius 2 is 2.00 bits per heavy atom. The fourth-order valence-corrected chi connectivity index (χ4v) is 3.92. The predicted molar refractivity (Wildman–Crippen MR) is 113 cm³/mol. The Morgan fingerprint density at radius 3 is 2.87 bits per heavy atom. The van der Waals surface area contributed by atoms with Gasteiger partial charge in [-0.25, -0.2) is 4.98 Å². The predicted octanol–water partition coefficient (Wildman–Crippen LogP) is 3.73. The number of aromatic carboxylic acids is 1. The number of nitrogens with zero attached hydrogens (tertiary/aromatic N) is 2. The highest BCUT2D eigenvalue weighted by atomic mass is 16.5. The second kappa shape index (κ2) is 7.19. The van der Waals surface area contributed by atoms with E-state index in [1.165, 1.54) is 11.6 Å². The highest BCUT2D eigenvalue weighted by Gasteiger charge is 2.19. The third-order valence-electron chi connectivity index (χ3n) is 5.46. The number of allylic oxidation sites excluding steroid dienone is 1. The smallest absolute Gasteiger partial charge is 0.127 e. The van der Waals surface area contributed by atoms with E-state index >= 15 is 0 Å². The van der Waals surface area contributed by atoms with Crippen LogP contribution < -0.4 is 9.84 Å². The van der Waals surface area contributed by atoms with Crippen LogP contribution in [0.4, 0.5) is 0 Å². The number of carbonyl (C=O) groups is 1. The molecule has 30 heavy (non-hydrogen) atoms. The molecule has 0 aliphatic carbocycles. The molecule has 148 valence electrons. The molecule has 0 bridgehead atoms. The number of carboxylic acid groups (broad SMARTS) is 1. The van der Waals surface area contributed by atoms with Crippen molar-refractivity contribution in [3.8, 4) is 5.75 Å². The maximum absolute atomic E-state index is 11.5. The molecule has 1 aliphatic rings. The minimum absolute atomic E-state index is 0.131. The Hall–Kier alpha value is -3.86. The molecule has 0 atom stereocenters. The lowest BCUT2D eigenvalue weighted by Gasteiger charge is -2.13. The zero-order valence-corrected chi connectivity index (χ0v) is 16.5. The molecule has 0 amide bonds. The van der Waals surface area contributed by atoms with Crippen LogP contribution in [0.2, 0.25) is 0 Å². The molecule has 0 spiro atoms. The Bertz CT molecular complexity index is 1320. The van der Waals surface area contributed by atoms with Gasteiger partial charge in [-0.1, -0.05) is 36.4 Å². The number of benzene rings is 3. The van der Waals surface area contributed by atoms with Crippen LogP contribution in [0.15, 0.2) is 73.1 Å². The maximum atomic E-state index is 11.5. The van der Waals surface area contributed by atoms with Crippen molar-refractivity contribution in [1.82, 2.24) is 9.55 Å². The van der Waals surface area contributed by atoms with Crippen molar-refractivity contribution in [3.05, 3.63) is 101 Å². The lowest BCUT2D eigenvalue weighted by Crippen LogP contribution is -2.22. The summed E-state index contributed by atoms with van der Waals surface area (Å²) in [6.07, 6.45) is 3.94. The van der Waals surface area contributed by atoms with Gasteiger partial charge in [0.1, 0.15) is 12.4 Å². The summed E-state index contributed by atoms with van der Waals surface area (Å²) in [5.41, 5.74) is 7.10. The van der Waals surface area contributed by atoms with E-state index in [0.29, 0.717) is 18.9 Å². The fraction of sp³-hybridized carbons (Fsp3) is 0.120. The number of ether oxygens (including phenoxy) is 1. The van der Waals surface area contributed by atoms with Crippen molar-refractivity contribution in [2.75, 3.05) is 0 Å². The number of aryl methyl sites for hydroxylation is 1. The Morgan fingerprint density at radius 1 is 1.13 bits per heavy atom. The van der Waals surface area contributed by atoms with E-state index in [9.17, 15) is 9.90 Å². The first kappa shape index (κ1) is 18.2. The van der Waals surface area contributed by atoms with Crippen LogP contribution in [0.5, 0.6) is 5.75 Å². The summed E-state index contributed by atoms with van der Waals surface area (Å²) in [4.78, 5) is 16.0. The van der Waals surface area contributed by atoms with Gasteiger partial charge in [0.15, 0.2) is 0 Å². The minimum Gasteiger partial charge on any atom is -0.545 e. The number of carbonyl (C=O) groups excluding carboxylic acids is 1. The van der Waals surface area contributed by atoms with Gasteiger partial charge in [0, 0.05) is 12.1 Å². The van der Waals surface area contributed by atoms with Crippen LogP contribution in [-0.2, 0) is 13.2 Å². The normalized spacial score (nSPS) is 14.1. The molecule has 0 saturated carbocycles. The Labute approximate surface area is 173 Å². The number of hydrogen-bond donors (Lipinski definition) is 0. The molecular weight excluding hydrogens is 376 g/mol. The molecule has 0 radical (unpaired) electrons.